The van der Waals surface area contributed by atoms with Gasteiger partial charge in [0.1, 0.15) is 4.90 Å². The Kier molecular flexibility index (Phi) is 6.21. The molecule has 1 amide bonds. The number of nitrogens with zero attached hydrogens (tertiary/aromatic N) is 3. The Bertz CT molecular complexity index is 1270. The van der Waals surface area contributed by atoms with Gasteiger partial charge in [-0.2, -0.15) is 4.31 Å². The van der Waals surface area contributed by atoms with E-state index in [4.69, 9.17) is 0 Å². The molecule has 1 aliphatic heterocycles. The molecule has 1 aliphatic rings. The average Bonchev–Trinajstić information content (AvgIpc) is 2.79. The van der Waals surface area contributed by atoms with Crippen LogP contribution in [0, 0.1) is 18.6 Å². The first kappa shape index (κ1) is 22.3. The van der Waals surface area contributed by atoms with Gasteiger partial charge >= 0.3 is 0 Å². The molecule has 6 nitrogen and oxygen atoms in total. The molecule has 1 aromatic heterocycles. The van der Waals surface area contributed by atoms with E-state index in [9.17, 15) is 22.0 Å². The Hall–Kier alpha value is -2.91. The Balaban J connectivity index is 1.41. The minimum atomic E-state index is -3.76. The van der Waals surface area contributed by atoms with Crippen LogP contribution in [0.25, 0.3) is 10.9 Å². The lowest BCUT2D eigenvalue weighted by atomic mass is 10.1. The molecule has 0 N–H and O–H groups in total. The topological polar surface area (TPSA) is 70.6 Å². The molecule has 2 aromatic carbocycles. The van der Waals surface area contributed by atoms with Crippen molar-refractivity contribution in [2.75, 3.05) is 26.2 Å². The summed E-state index contributed by atoms with van der Waals surface area (Å²) in [4.78, 5) is 18.6. The van der Waals surface area contributed by atoms with Gasteiger partial charge in [-0.05, 0) is 48.7 Å². The third-order valence-corrected chi connectivity index (χ3v) is 7.56. The van der Waals surface area contributed by atoms with Gasteiger partial charge in [-0.1, -0.05) is 18.2 Å². The number of rotatable bonds is 5. The minimum absolute atomic E-state index is 0.143. The predicted octanol–water partition coefficient (Wildman–Crippen LogP) is 3.29. The largest absolute Gasteiger partial charge is 0.340 e. The number of benzene rings is 2. The normalized spacial score (nSPS) is 15.3. The third kappa shape index (κ3) is 4.49. The highest BCUT2D eigenvalue weighted by atomic mass is 32.2. The molecule has 4 rings (SSSR count). The fraction of sp³-hybridized carbons (Fsp3) is 0.304. The Labute approximate surface area is 185 Å². The molecule has 1 fully saturated rings. The van der Waals surface area contributed by atoms with Crippen LogP contribution in [0.2, 0.25) is 0 Å². The Morgan fingerprint density at radius 3 is 2.50 bits per heavy atom. The van der Waals surface area contributed by atoms with Crippen LogP contribution < -0.4 is 0 Å². The smallest absolute Gasteiger partial charge is 0.245 e. The Morgan fingerprint density at radius 2 is 1.78 bits per heavy atom. The van der Waals surface area contributed by atoms with E-state index in [2.05, 4.69) is 4.98 Å². The summed E-state index contributed by atoms with van der Waals surface area (Å²) < 4.78 is 54.2. The number of hydrogen-bond acceptors (Lipinski definition) is 4. The maximum Gasteiger partial charge on any atom is 0.245 e. The van der Waals surface area contributed by atoms with E-state index in [-0.39, 0.29) is 49.8 Å². The second kappa shape index (κ2) is 8.91. The molecule has 0 unspecified atom stereocenters. The lowest BCUT2D eigenvalue weighted by Crippen LogP contribution is -2.50. The van der Waals surface area contributed by atoms with Gasteiger partial charge < -0.3 is 4.90 Å². The molecule has 32 heavy (non-hydrogen) atoms. The van der Waals surface area contributed by atoms with Gasteiger partial charge in [0.05, 0.1) is 5.52 Å². The molecule has 0 saturated carbocycles. The first-order valence-electron chi connectivity index (χ1n) is 10.3. The second-order valence-electron chi connectivity index (χ2n) is 7.87. The maximum absolute atomic E-state index is 13.3. The number of halogens is 2. The van der Waals surface area contributed by atoms with Crippen LogP contribution in [0.3, 0.4) is 0 Å². The molecule has 0 spiro atoms. The number of hydrogen-bond donors (Lipinski definition) is 0. The van der Waals surface area contributed by atoms with Crippen molar-refractivity contribution in [2.45, 2.75) is 24.7 Å². The highest BCUT2D eigenvalue weighted by molar-refractivity contribution is 7.89. The van der Waals surface area contributed by atoms with Gasteiger partial charge in [0.15, 0.2) is 11.6 Å². The van der Waals surface area contributed by atoms with Gasteiger partial charge in [0, 0.05) is 44.2 Å². The predicted molar refractivity (Wildman–Crippen MR) is 116 cm³/mol. The summed E-state index contributed by atoms with van der Waals surface area (Å²) in [6.45, 7) is 2.81. The summed E-state index contributed by atoms with van der Waals surface area (Å²) in [5, 5.41) is 0.761. The zero-order valence-electron chi connectivity index (χ0n) is 17.6. The van der Waals surface area contributed by atoms with Crippen molar-refractivity contribution in [1.82, 2.24) is 14.2 Å². The molecule has 3 aromatic rings. The molecular weight excluding hydrogens is 436 g/mol. The fourth-order valence-electron chi connectivity index (χ4n) is 3.87. The van der Waals surface area contributed by atoms with Crippen molar-refractivity contribution in [2.24, 2.45) is 0 Å². The van der Waals surface area contributed by atoms with Crippen molar-refractivity contribution < 1.29 is 22.0 Å². The first-order valence-corrected chi connectivity index (χ1v) is 11.8. The number of fused-ring (bicyclic) bond motifs is 1. The van der Waals surface area contributed by atoms with Gasteiger partial charge in [0.2, 0.25) is 15.9 Å². The van der Waals surface area contributed by atoms with E-state index >= 15 is 0 Å². The quantitative estimate of drug-likeness (QED) is 0.587. The van der Waals surface area contributed by atoms with Crippen molar-refractivity contribution in [1.29, 1.82) is 0 Å². The number of aromatic nitrogens is 1. The molecule has 0 atom stereocenters. The minimum Gasteiger partial charge on any atom is -0.340 e. The summed E-state index contributed by atoms with van der Waals surface area (Å²) >= 11 is 0. The van der Waals surface area contributed by atoms with Crippen LogP contribution >= 0.6 is 0 Å². The third-order valence-electron chi connectivity index (χ3n) is 5.63. The fourth-order valence-corrected chi connectivity index (χ4v) is 5.46. The number of carbonyl (C=O) groups excluding carboxylic acids is 1. The number of pyridine rings is 1. The van der Waals surface area contributed by atoms with E-state index in [1.54, 1.807) is 23.2 Å². The van der Waals surface area contributed by atoms with Gasteiger partial charge in [-0.15, -0.1) is 0 Å². The molecule has 1 saturated heterocycles. The van der Waals surface area contributed by atoms with E-state index < -0.39 is 21.7 Å². The number of amides is 1. The van der Waals surface area contributed by atoms with Crippen LogP contribution in [-0.4, -0.2) is 54.7 Å². The molecular formula is C23H23F2N3O3S. The molecule has 0 radical (unpaired) electrons. The molecule has 0 bridgehead atoms. The summed E-state index contributed by atoms with van der Waals surface area (Å²) in [5.74, 6) is -2.00. The lowest BCUT2D eigenvalue weighted by Gasteiger charge is -2.34. The van der Waals surface area contributed by atoms with Gasteiger partial charge in [-0.25, -0.2) is 17.2 Å². The Morgan fingerprint density at radius 1 is 1.03 bits per heavy atom. The number of sulfonamides is 1. The summed E-state index contributed by atoms with van der Waals surface area (Å²) in [6.07, 6.45) is 2.07. The van der Waals surface area contributed by atoms with Crippen molar-refractivity contribution in [3.63, 3.8) is 0 Å². The summed E-state index contributed by atoms with van der Waals surface area (Å²) in [6, 6.07) is 10.6. The summed E-state index contributed by atoms with van der Waals surface area (Å²) in [7, 11) is -3.76. The molecule has 9 heteroatoms. The zero-order chi connectivity index (χ0) is 22.9. The number of piperazine rings is 1. The van der Waals surface area contributed by atoms with Crippen molar-refractivity contribution in [3.8, 4) is 0 Å². The van der Waals surface area contributed by atoms with Gasteiger partial charge in [-0.3, -0.25) is 9.78 Å². The SMILES string of the molecule is Cc1cnc2c(S(=O)(=O)N3CCN(C(=O)CCc4ccc(F)c(F)c4)CC3)cccc2c1. The highest BCUT2D eigenvalue weighted by Crippen LogP contribution is 2.25. The maximum atomic E-state index is 13.3. The van der Waals surface area contributed by atoms with Crippen molar-refractivity contribution in [3.05, 3.63) is 71.4 Å². The van der Waals surface area contributed by atoms with Gasteiger partial charge in [0.25, 0.3) is 0 Å². The van der Waals surface area contributed by atoms with Crippen LogP contribution in [0.15, 0.2) is 53.6 Å². The van der Waals surface area contributed by atoms with E-state index in [1.807, 2.05) is 19.1 Å². The highest BCUT2D eigenvalue weighted by Gasteiger charge is 2.31. The molecule has 168 valence electrons. The second-order valence-corrected chi connectivity index (χ2v) is 9.78. The van der Waals surface area contributed by atoms with Crippen LogP contribution in [-0.2, 0) is 21.2 Å². The lowest BCUT2D eigenvalue weighted by molar-refractivity contribution is -0.132. The average molecular weight is 460 g/mol. The van der Waals surface area contributed by atoms with Crippen molar-refractivity contribution >= 4 is 26.8 Å². The number of carbonyl (C=O) groups is 1. The number of aryl methyl sites for hydroxylation is 2. The van der Waals surface area contributed by atoms with E-state index in [0.29, 0.717) is 11.1 Å². The monoisotopic (exact) mass is 459 g/mol. The van der Waals surface area contributed by atoms with Crippen LogP contribution in [0.4, 0.5) is 8.78 Å². The standard InChI is InChI=1S/C23H23F2N3O3S/c1-16-13-18-3-2-4-21(23(18)26-15-16)32(30,31)28-11-9-27(10-12-28)22(29)8-6-17-5-7-19(24)20(25)14-17/h2-5,7,13-15H,6,8-12H2,1H3. The zero-order valence-corrected chi connectivity index (χ0v) is 18.4. The molecule has 0 aliphatic carbocycles. The molecule has 2 heterocycles. The summed E-state index contributed by atoms with van der Waals surface area (Å²) in [5.41, 5.74) is 1.92. The first-order chi connectivity index (χ1) is 15.3. The van der Waals surface area contributed by atoms with Crippen LogP contribution in [0.1, 0.15) is 17.5 Å². The van der Waals surface area contributed by atoms with E-state index in [0.717, 1.165) is 23.1 Å². The number of para-hydroxylation sites is 1. The van der Waals surface area contributed by atoms with E-state index in [1.165, 1.54) is 10.4 Å². The van der Waals surface area contributed by atoms with Crippen LogP contribution in [0.5, 0.6) is 0 Å².